The molecule has 0 aliphatic heterocycles. The Balaban J connectivity index is 1.76. The Morgan fingerprint density at radius 2 is 1.62 bits per heavy atom. The largest absolute Gasteiger partial charge is 0.490 e. The van der Waals surface area contributed by atoms with Gasteiger partial charge in [-0.15, -0.1) is 0 Å². The van der Waals surface area contributed by atoms with E-state index in [4.69, 9.17) is 15.2 Å². The lowest BCUT2D eigenvalue weighted by molar-refractivity contribution is 0.210. The third kappa shape index (κ3) is 4.77. The lowest BCUT2D eigenvalue weighted by Crippen LogP contribution is -2.10. The molecule has 2 aromatic rings. The van der Waals surface area contributed by atoms with E-state index >= 15 is 0 Å². The van der Waals surface area contributed by atoms with E-state index in [9.17, 15) is 5.11 Å². The van der Waals surface area contributed by atoms with Crippen LogP contribution < -0.4 is 15.2 Å². The summed E-state index contributed by atoms with van der Waals surface area (Å²) in [4.78, 5) is 0. The zero-order valence-corrected chi connectivity index (χ0v) is 12.0. The summed E-state index contributed by atoms with van der Waals surface area (Å²) < 4.78 is 11.2. The highest BCUT2D eigenvalue weighted by Gasteiger charge is 2.01. The van der Waals surface area contributed by atoms with Crippen LogP contribution in [0.4, 0.5) is 0 Å². The van der Waals surface area contributed by atoms with E-state index < -0.39 is 0 Å². The van der Waals surface area contributed by atoms with Gasteiger partial charge in [0.15, 0.2) is 0 Å². The number of rotatable bonds is 8. The first-order chi connectivity index (χ1) is 10.3. The Bertz CT molecular complexity index is 540. The van der Waals surface area contributed by atoms with Crippen molar-refractivity contribution in [1.82, 2.24) is 0 Å². The van der Waals surface area contributed by atoms with Crippen LogP contribution in [0.15, 0.2) is 48.5 Å². The van der Waals surface area contributed by atoms with Crippen LogP contribution in [0.1, 0.15) is 11.1 Å². The maximum Gasteiger partial charge on any atom is 0.124 e. The molecule has 0 saturated carbocycles. The van der Waals surface area contributed by atoms with Gasteiger partial charge in [-0.1, -0.05) is 30.3 Å². The van der Waals surface area contributed by atoms with Crippen molar-refractivity contribution in [2.45, 2.75) is 13.0 Å². The first-order valence-corrected chi connectivity index (χ1v) is 7.07. The topological polar surface area (TPSA) is 64.7 Å². The minimum Gasteiger partial charge on any atom is -0.490 e. The van der Waals surface area contributed by atoms with Crippen molar-refractivity contribution >= 4 is 0 Å². The van der Waals surface area contributed by atoms with Gasteiger partial charge in [-0.3, -0.25) is 0 Å². The summed E-state index contributed by atoms with van der Waals surface area (Å²) in [6.45, 7) is 1.51. The lowest BCUT2D eigenvalue weighted by Gasteiger charge is -2.11. The van der Waals surface area contributed by atoms with Crippen LogP contribution in [0, 0.1) is 0 Å². The summed E-state index contributed by atoms with van der Waals surface area (Å²) in [7, 11) is 0. The number of benzene rings is 2. The van der Waals surface area contributed by atoms with Crippen LogP contribution in [0.25, 0.3) is 0 Å². The first kappa shape index (κ1) is 15.4. The second-order valence-corrected chi connectivity index (χ2v) is 4.65. The molecule has 0 aliphatic rings. The van der Waals surface area contributed by atoms with Gasteiger partial charge in [-0.25, -0.2) is 0 Å². The molecule has 4 nitrogen and oxygen atoms in total. The van der Waals surface area contributed by atoms with E-state index in [1.165, 1.54) is 5.56 Å². The SMILES string of the molecule is NCCc1ccc(OCCOc2ccccc2CO)cc1. The van der Waals surface area contributed by atoms with Gasteiger partial charge in [0.1, 0.15) is 24.7 Å². The molecular weight excluding hydrogens is 266 g/mol. The zero-order valence-electron chi connectivity index (χ0n) is 12.0. The third-order valence-corrected chi connectivity index (χ3v) is 3.11. The molecule has 2 aromatic carbocycles. The Morgan fingerprint density at radius 1 is 0.905 bits per heavy atom. The molecule has 0 aliphatic carbocycles. The van der Waals surface area contributed by atoms with Gasteiger partial charge in [0.25, 0.3) is 0 Å². The highest BCUT2D eigenvalue weighted by atomic mass is 16.5. The standard InChI is InChI=1S/C17H21NO3/c18-10-9-14-5-7-16(8-6-14)20-11-12-21-17-4-2-1-3-15(17)13-19/h1-8,19H,9-13,18H2. The van der Waals surface area contributed by atoms with Gasteiger partial charge in [0, 0.05) is 5.56 Å². The number of hydrogen-bond donors (Lipinski definition) is 2. The second kappa shape index (κ2) is 8.29. The van der Waals surface area contributed by atoms with Crippen LogP contribution in [0.3, 0.4) is 0 Å². The molecule has 3 N–H and O–H groups in total. The van der Waals surface area contributed by atoms with Crippen molar-refractivity contribution in [3.05, 3.63) is 59.7 Å². The molecule has 21 heavy (non-hydrogen) atoms. The van der Waals surface area contributed by atoms with Crippen LogP contribution in [-0.4, -0.2) is 24.9 Å². The molecule has 0 unspecified atom stereocenters. The summed E-state index contributed by atoms with van der Waals surface area (Å²) in [5.41, 5.74) is 7.50. The van der Waals surface area contributed by atoms with Crippen molar-refractivity contribution in [2.75, 3.05) is 19.8 Å². The molecule has 0 bridgehead atoms. The fraction of sp³-hybridized carbons (Fsp3) is 0.294. The summed E-state index contributed by atoms with van der Waals surface area (Å²) >= 11 is 0. The van der Waals surface area contributed by atoms with E-state index in [1.54, 1.807) is 0 Å². The normalized spacial score (nSPS) is 10.4. The predicted molar refractivity (Wildman–Crippen MR) is 82.6 cm³/mol. The molecule has 2 rings (SSSR count). The summed E-state index contributed by atoms with van der Waals surface area (Å²) in [5, 5.41) is 9.20. The molecule has 0 aromatic heterocycles. The van der Waals surface area contributed by atoms with Gasteiger partial charge in [-0.05, 0) is 36.7 Å². The highest BCUT2D eigenvalue weighted by molar-refractivity contribution is 5.32. The van der Waals surface area contributed by atoms with Crippen LogP contribution >= 0.6 is 0 Å². The monoisotopic (exact) mass is 287 g/mol. The molecule has 4 heteroatoms. The van der Waals surface area contributed by atoms with E-state index in [1.807, 2.05) is 48.5 Å². The average Bonchev–Trinajstić information content (AvgIpc) is 2.54. The van der Waals surface area contributed by atoms with Crippen molar-refractivity contribution in [3.63, 3.8) is 0 Å². The molecule has 0 saturated heterocycles. The molecule has 0 spiro atoms. The van der Waals surface area contributed by atoms with Gasteiger partial charge in [-0.2, -0.15) is 0 Å². The summed E-state index contributed by atoms with van der Waals surface area (Å²) in [6, 6.07) is 15.3. The predicted octanol–water partition coefficient (Wildman–Crippen LogP) is 2.14. The fourth-order valence-electron chi connectivity index (χ4n) is 2.01. The molecule has 0 amide bonds. The van der Waals surface area contributed by atoms with E-state index in [2.05, 4.69) is 0 Å². The van der Waals surface area contributed by atoms with Crippen LogP contribution in [-0.2, 0) is 13.0 Å². The number of hydrogen-bond acceptors (Lipinski definition) is 4. The van der Waals surface area contributed by atoms with Crippen LogP contribution in [0.5, 0.6) is 11.5 Å². The van der Waals surface area contributed by atoms with Gasteiger partial charge in [0.2, 0.25) is 0 Å². The number of aliphatic hydroxyl groups excluding tert-OH is 1. The quantitative estimate of drug-likeness (QED) is 0.730. The van der Waals surface area contributed by atoms with E-state index in [0.717, 1.165) is 17.7 Å². The Morgan fingerprint density at radius 3 is 2.33 bits per heavy atom. The lowest BCUT2D eigenvalue weighted by atomic mass is 10.1. The molecule has 0 fully saturated rings. The second-order valence-electron chi connectivity index (χ2n) is 4.65. The third-order valence-electron chi connectivity index (χ3n) is 3.11. The average molecular weight is 287 g/mol. The molecule has 112 valence electrons. The molecule has 0 heterocycles. The molecular formula is C17H21NO3. The number of nitrogens with two attached hydrogens (primary N) is 1. The smallest absolute Gasteiger partial charge is 0.124 e. The summed E-state index contributed by atoms with van der Waals surface area (Å²) in [5.74, 6) is 1.51. The highest BCUT2D eigenvalue weighted by Crippen LogP contribution is 2.17. The van der Waals surface area contributed by atoms with E-state index in [0.29, 0.717) is 25.5 Å². The van der Waals surface area contributed by atoms with Crippen molar-refractivity contribution < 1.29 is 14.6 Å². The maximum absolute atomic E-state index is 9.20. The number of ether oxygens (including phenoxy) is 2. The summed E-state index contributed by atoms with van der Waals surface area (Å²) in [6.07, 6.45) is 0.876. The van der Waals surface area contributed by atoms with Crippen molar-refractivity contribution in [3.8, 4) is 11.5 Å². The fourth-order valence-corrected chi connectivity index (χ4v) is 2.01. The molecule has 0 atom stereocenters. The zero-order chi connectivity index (χ0) is 14.9. The Kier molecular flexibility index (Phi) is 6.06. The van der Waals surface area contributed by atoms with Crippen molar-refractivity contribution in [2.24, 2.45) is 5.73 Å². The van der Waals surface area contributed by atoms with Gasteiger partial charge < -0.3 is 20.3 Å². The van der Waals surface area contributed by atoms with Gasteiger partial charge in [0.05, 0.1) is 6.61 Å². The minimum absolute atomic E-state index is 0.0281. The van der Waals surface area contributed by atoms with Gasteiger partial charge >= 0.3 is 0 Å². The van der Waals surface area contributed by atoms with E-state index in [-0.39, 0.29) is 6.61 Å². The Hall–Kier alpha value is -2.04. The minimum atomic E-state index is -0.0281. The number of para-hydroxylation sites is 1. The maximum atomic E-state index is 9.20. The number of aliphatic hydroxyl groups is 1. The molecule has 0 radical (unpaired) electrons. The van der Waals surface area contributed by atoms with Crippen molar-refractivity contribution in [1.29, 1.82) is 0 Å². The Labute approximate surface area is 125 Å². The van der Waals surface area contributed by atoms with Crippen LogP contribution in [0.2, 0.25) is 0 Å². The first-order valence-electron chi connectivity index (χ1n) is 7.07.